The Morgan fingerprint density at radius 2 is 1.62 bits per heavy atom. The minimum absolute atomic E-state index is 0.0167. The molecule has 136 valence electrons. The van der Waals surface area contributed by atoms with Crippen molar-refractivity contribution in [2.24, 2.45) is 0 Å². The summed E-state index contributed by atoms with van der Waals surface area (Å²) in [5.74, 6) is -0.415. The van der Waals surface area contributed by atoms with E-state index in [0.29, 0.717) is 17.5 Å². The standard InChI is InChI=1S/C19H20N2O4S/c1-21(17-5-3-2-4-6-17)19(23)15-9-7-14(8-10-15)18(22)20-16-11-12-26(24,25)13-16/h2-10,16H,11-13H2,1H3,(H,20,22). The van der Waals surface area contributed by atoms with Gasteiger partial charge in [-0.1, -0.05) is 18.2 Å². The molecule has 2 aromatic rings. The predicted octanol–water partition coefficient (Wildman–Crippen LogP) is 1.88. The van der Waals surface area contributed by atoms with Gasteiger partial charge in [0.2, 0.25) is 0 Å². The number of hydrogen-bond acceptors (Lipinski definition) is 4. The van der Waals surface area contributed by atoms with E-state index >= 15 is 0 Å². The van der Waals surface area contributed by atoms with E-state index < -0.39 is 9.84 Å². The van der Waals surface area contributed by atoms with Crippen molar-refractivity contribution in [1.82, 2.24) is 5.32 Å². The predicted molar refractivity (Wildman–Crippen MR) is 100 cm³/mol. The van der Waals surface area contributed by atoms with Crippen molar-refractivity contribution in [3.8, 4) is 0 Å². The fourth-order valence-corrected chi connectivity index (χ4v) is 4.58. The highest BCUT2D eigenvalue weighted by Crippen LogP contribution is 2.16. The molecule has 1 N–H and O–H groups in total. The molecule has 6 nitrogen and oxygen atoms in total. The summed E-state index contributed by atoms with van der Waals surface area (Å²) in [7, 11) is -1.35. The van der Waals surface area contributed by atoms with Gasteiger partial charge in [0, 0.05) is 29.9 Å². The zero-order valence-corrected chi connectivity index (χ0v) is 15.2. The maximum Gasteiger partial charge on any atom is 0.258 e. The third kappa shape index (κ3) is 4.11. The highest BCUT2D eigenvalue weighted by Gasteiger charge is 2.29. The lowest BCUT2D eigenvalue weighted by atomic mass is 10.1. The molecule has 7 heteroatoms. The summed E-state index contributed by atoms with van der Waals surface area (Å²) in [4.78, 5) is 26.3. The fraction of sp³-hybridized carbons (Fsp3) is 0.263. The second kappa shape index (κ2) is 7.29. The quantitative estimate of drug-likeness (QED) is 0.888. The molecule has 0 saturated carbocycles. The van der Waals surface area contributed by atoms with Crippen LogP contribution in [0.25, 0.3) is 0 Å². The lowest BCUT2D eigenvalue weighted by Gasteiger charge is -2.17. The number of sulfone groups is 1. The summed E-state index contributed by atoms with van der Waals surface area (Å²) in [5.41, 5.74) is 1.64. The van der Waals surface area contributed by atoms with E-state index in [2.05, 4.69) is 5.32 Å². The van der Waals surface area contributed by atoms with Crippen LogP contribution >= 0.6 is 0 Å². The smallest absolute Gasteiger partial charge is 0.258 e. The van der Waals surface area contributed by atoms with Gasteiger partial charge >= 0.3 is 0 Å². The number of rotatable bonds is 4. The van der Waals surface area contributed by atoms with E-state index in [-0.39, 0.29) is 29.4 Å². The first-order valence-corrected chi connectivity index (χ1v) is 10.1. The van der Waals surface area contributed by atoms with Gasteiger partial charge < -0.3 is 10.2 Å². The van der Waals surface area contributed by atoms with Crippen LogP contribution in [-0.4, -0.2) is 44.8 Å². The summed E-state index contributed by atoms with van der Waals surface area (Å²) in [5, 5.41) is 2.73. The van der Waals surface area contributed by atoms with Crippen LogP contribution in [0.3, 0.4) is 0 Å². The van der Waals surface area contributed by atoms with E-state index in [1.165, 1.54) is 0 Å². The van der Waals surface area contributed by atoms with E-state index in [9.17, 15) is 18.0 Å². The van der Waals surface area contributed by atoms with Gasteiger partial charge in [0.05, 0.1) is 11.5 Å². The summed E-state index contributed by atoms with van der Waals surface area (Å²) in [6.07, 6.45) is 0.437. The first-order valence-electron chi connectivity index (χ1n) is 8.30. The Bertz CT molecular complexity index is 908. The Hall–Kier alpha value is -2.67. The normalized spacial score (nSPS) is 18.3. The topological polar surface area (TPSA) is 83.6 Å². The lowest BCUT2D eigenvalue weighted by Crippen LogP contribution is -2.35. The molecule has 0 aliphatic carbocycles. The molecule has 2 amide bonds. The van der Waals surface area contributed by atoms with Crippen LogP contribution in [0.5, 0.6) is 0 Å². The molecular weight excluding hydrogens is 352 g/mol. The van der Waals surface area contributed by atoms with E-state index in [1.807, 2.05) is 30.3 Å². The van der Waals surface area contributed by atoms with Crippen molar-refractivity contribution >= 4 is 27.3 Å². The third-order valence-corrected chi connectivity index (χ3v) is 6.18. The van der Waals surface area contributed by atoms with Crippen LogP contribution in [0.15, 0.2) is 54.6 Å². The molecule has 3 rings (SSSR count). The van der Waals surface area contributed by atoms with Gasteiger partial charge in [0.25, 0.3) is 11.8 Å². The van der Waals surface area contributed by atoms with Crippen molar-refractivity contribution in [1.29, 1.82) is 0 Å². The van der Waals surface area contributed by atoms with Crippen LogP contribution < -0.4 is 10.2 Å². The number of amides is 2. The van der Waals surface area contributed by atoms with E-state index in [1.54, 1.807) is 36.2 Å². The lowest BCUT2D eigenvalue weighted by molar-refractivity contribution is 0.0938. The number of anilines is 1. The molecule has 1 saturated heterocycles. The van der Waals surface area contributed by atoms with Crippen molar-refractivity contribution in [2.75, 3.05) is 23.5 Å². The third-order valence-electron chi connectivity index (χ3n) is 4.41. The minimum atomic E-state index is -3.04. The first kappa shape index (κ1) is 18.1. The maximum atomic E-state index is 12.5. The van der Waals surface area contributed by atoms with E-state index in [0.717, 1.165) is 5.69 Å². The van der Waals surface area contributed by atoms with Crippen molar-refractivity contribution < 1.29 is 18.0 Å². The highest BCUT2D eigenvalue weighted by molar-refractivity contribution is 7.91. The number of para-hydroxylation sites is 1. The molecular formula is C19H20N2O4S. The van der Waals surface area contributed by atoms with Gasteiger partial charge in [-0.3, -0.25) is 9.59 Å². The zero-order chi connectivity index (χ0) is 18.7. The Labute approximate surface area is 152 Å². The maximum absolute atomic E-state index is 12.5. The Morgan fingerprint density at radius 1 is 1.00 bits per heavy atom. The number of nitrogens with zero attached hydrogens (tertiary/aromatic N) is 1. The molecule has 0 radical (unpaired) electrons. The number of carbonyl (C=O) groups excluding carboxylic acids is 2. The average Bonchev–Trinajstić information content (AvgIpc) is 2.99. The number of carbonyl (C=O) groups is 2. The number of benzene rings is 2. The van der Waals surface area contributed by atoms with Crippen molar-refractivity contribution in [2.45, 2.75) is 12.5 Å². The molecule has 1 aliphatic rings. The van der Waals surface area contributed by atoms with Gasteiger partial charge in [-0.05, 0) is 42.8 Å². The van der Waals surface area contributed by atoms with E-state index in [4.69, 9.17) is 0 Å². The highest BCUT2D eigenvalue weighted by atomic mass is 32.2. The summed E-state index contributed by atoms with van der Waals surface area (Å²) < 4.78 is 22.9. The molecule has 0 aromatic heterocycles. The second-order valence-electron chi connectivity index (χ2n) is 6.35. The van der Waals surface area contributed by atoms with Gasteiger partial charge in [-0.2, -0.15) is 0 Å². The molecule has 26 heavy (non-hydrogen) atoms. The van der Waals surface area contributed by atoms with Crippen LogP contribution in [0.4, 0.5) is 5.69 Å². The first-order chi connectivity index (χ1) is 12.4. The molecule has 2 aromatic carbocycles. The molecule has 1 atom stereocenters. The minimum Gasteiger partial charge on any atom is -0.348 e. The van der Waals surface area contributed by atoms with Gasteiger partial charge in [-0.15, -0.1) is 0 Å². The van der Waals surface area contributed by atoms with Crippen molar-refractivity contribution in [3.05, 3.63) is 65.7 Å². The molecule has 1 aliphatic heterocycles. The molecule has 1 fully saturated rings. The molecule has 1 heterocycles. The summed E-state index contributed by atoms with van der Waals surface area (Å²) in [6.45, 7) is 0. The summed E-state index contributed by atoms with van der Waals surface area (Å²) >= 11 is 0. The van der Waals surface area contributed by atoms with Gasteiger partial charge in [0.1, 0.15) is 0 Å². The van der Waals surface area contributed by atoms with Gasteiger partial charge in [0.15, 0.2) is 9.84 Å². The fourth-order valence-electron chi connectivity index (χ4n) is 2.90. The monoisotopic (exact) mass is 372 g/mol. The van der Waals surface area contributed by atoms with Crippen LogP contribution in [0.1, 0.15) is 27.1 Å². The SMILES string of the molecule is CN(C(=O)c1ccc(C(=O)NC2CCS(=O)(=O)C2)cc1)c1ccccc1. The summed E-state index contributed by atoms with van der Waals surface area (Å²) in [6, 6.07) is 15.3. The number of hydrogen-bond donors (Lipinski definition) is 1. The van der Waals surface area contributed by atoms with Gasteiger partial charge in [-0.25, -0.2) is 8.42 Å². The van der Waals surface area contributed by atoms with Crippen LogP contribution in [0, 0.1) is 0 Å². The Morgan fingerprint density at radius 3 is 2.19 bits per heavy atom. The average molecular weight is 372 g/mol. The largest absolute Gasteiger partial charge is 0.348 e. The Balaban J connectivity index is 1.66. The van der Waals surface area contributed by atoms with Crippen LogP contribution in [-0.2, 0) is 9.84 Å². The molecule has 0 spiro atoms. The molecule has 1 unspecified atom stereocenters. The second-order valence-corrected chi connectivity index (χ2v) is 8.58. The van der Waals surface area contributed by atoms with Crippen LogP contribution in [0.2, 0.25) is 0 Å². The Kier molecular flexibility index (Phi) is 5.08. The number of nitrogens with one attached hydrogen (secondary N) is 1. The molecule has 0 bridgehead atoms. The zero-order valence-electron chi connectivity index (χ0n) is 14.4. The van der Waals surface area contributed by atoms with Crippen molar-refractivity contribution in [3.63, 3.8) is 0 Å².